The molecule has 1 N–H and O–H groups in total. The third-order valence-corrected chi connectivity index (χ3v) is 7.15. The Bertz CT molecular complexity index is 971. The lowest BCUT2D eigenvalue weighted by Crippen LogP contribution is -2.38. The van der Waals surface area contributed by atoms with Gasteiger partial charge in [0, 0.05) is 12.1 Å². The van der Waals surface area contributed by atoms with Gasteiger partial charge in [0.15, 0.2) is 0 Å². The summed E-state index contributed by atoms with van der Waals surface area (Å²) in [6.45, 7) is 4.68. The Morgan fingerprint density at radius 2 is 1.87 bits per heavy atom. The molecule has 0 aliphatic carbocycles. The molecular weight excluding hydrogens is 400 g/mol. The maximum absolute atomic E-state index is 13.0. The number of anilines is 1. The second kappa shape index (κ2) is 9.51. The molecule has 6 nitrogen and oxygen atoms in total. The summed E-state index contributed by atoms with van der Waals surface area (Å²) in [6.07, 6.45) is 2.29. The van der Waals surface area contributed by atoms with Gasteiger partial charge in [0.05, 0.1) is 24.6 Å². The van der Waals surface area contributed by atoms with E-state index in [1.165, 1.54) is 4.31 Å². The predicted octanol–water partition coefficient (Wildman–Crippen LogP) is 4.14. The topological polar surface area (TPSA) is 75.7 Å². The van der Waals surface area contributed by atoms with Crippen molar-refractivity contribution < 1.29 is 17.9 Å². The van der Waals surface area contributed by atoms with Crippen LogP contribution in [0.15, 0.2) is 48.5 Å². The summed E-state index contributed by atoms with van der Waals surface area (Å²) >= 11 is 0. The van der Waals surface area contributed by atoms with Crippen LogP contribution >= 0.6 is 0 Å². The molecule has 0 unspecified atom stereocenters. The van der Waals surface area contributed by atoms with E-state index in [0.717, 1.165) is 24.2 Å². The monoisotopic (exact) mass is 430 g/mol. The van der Waals surface area contributed by atoms with Crippen molar-refractivity contribution in [1.82, 2.24) is 5.32 Å². The highest BCUT2D eigenvalue weighted by atomic mass is 32.2. The van der Waals surface area contributed by atoms with Crippen LogP contribution in [0.5, 0.6) is 5.75 Å². The van der Waals surface area contributed by atoms with Gasteiger partial charge in [-0.25, -0.2) is 8.42 Å². The first-order valence-electron chi connectivity index (χ1n) is 10.4. The van der Waals surface area contributed by atoms with E-state index >= 15 is 0 Å². The largest absolute Gasteiger partial charge is 0.497 e. The Labute approximate surface area is 179 Å². The first-order chi connectivity index (χ1) is 14.3. The van der Waals surface area contributed by atoms with Gasteiger partial charge in [-0.2, -0.15) is 0 Å². The van der Waals surface area contributed by atoms with Crippen LogP contribution in [-0.4, -0.2) is 33.7 Å². The van der Waals surface area contributed by atoms with Crippen LogP contribution in [0.4, 0.5) is 5.69 Å². The van der Waals surface area contributed by atoms with E-state index in [1.54, 1.807) is 31.4 Å². The Hall–Kier alpha value is -2.54. The molecule has 0 radical (unpaired) electrons. The van der Waals surface area contributed by atoms with Crippen molar-refractivity contribution in [2.45, 2.75) is 39.2 Å². The average Bonchev–Trinajstić information content (AvgIpc) is 2.72. The number of benzene rings is 2. The highest BCUT2D eigenvalue weighted by Gasteiger charge is 2.26. The zero-order valence-electron chi connectivity index (χ0n) is 17.8. The molecule has 30 heavy (non-hydrogen) atoms. The highest BCUT2D eigenvalue weighted by molar-refractivity contribution is 7.92. The standard InChI is InChI=1S/C23H30N2O4S/c1-17(2)15-22(18-9-11-21(29-3)12-10-18)24-23(26)19-7-6-8-20(16-19)25-13-4-5-14-30(25,27)28/h6-12,16-17,22H,4-5,13-15H2,1-3H3,(H,24,26)/t22-/m1/s1. The number of nitrogens with zero attached hydrogens (tertiary/aromatic N) is 1. The molecule has 2 aromatic rings. The van der Waals surface area contributed by atoms with Gasteiger partial charge in [0.2, 0.25) is 10.0 Å². The van der Waals surface area contributed by atoms with Crippen LogP contribution in [-0.2, 0) is 10.0 Å². The lowest BCUT2D eigenvalue weighted by Gasteiger charge is -2.28. The van der Waals surface area contributed by atoms with Gasteiger partial charge < -0.3 is 10.1 Å². The molecule has 162 valence electrons. The number of methoxy groups -OCH3 is 1. The van der Waals surface area contributed by atoms with E-state index < -0.39 is 10.0 Å². The van der Waals surface area contributed by atoms with Crippen molar-refractivity contribution >= 4 is 21.6 Å². The number of carbonyl (C=O) groups is 1. The molecular formula is C23H30N2O4S. The summed E-state index contributed by atoms with van der Waals surface area (Å²) < 4.78 is 31.5. The molecule has 3 rings (SSSR count). The normalized spacial score (nSPS) is 16.9. The lowest BCUT2D eigenvalue weighted by atomic mass is 9.96. The molecule has 0 bridgehead atoms. The third kappa shape index (κ3) is 5.33. The Balaban J connectivity index is 1.81. The molecule has 1 heterocycles. The maximum atomic E-state index is 13.0. The van der Waals surface area contributed by atoms with Crippen molar-refractivity contribution in [3.05, 3.63) is 59.7 Å². The number of ether oxygens (including phenoxy) is 1. The fourth-order valence-electron chi connectivity index (χ4n) is 3.71. The van der Waals surface area contributed by atoms with Gasteiger partial charge in [-0.1, -0.05) is 32.0 Å². The van der Waals surface area contributed by atoms with Crippen LogP contribution in [0.25, 0.3) is 0 Å². The molecule has 1 atom stereocenters. The second-order valence-electron chi connectivity index (χ2n) is 8.07. The average molecular weight is 431 g/mol. The number of sulfonamides is 1. The summed E-state index contributed by atoms with van der Waals surface area (Å²) in [4.78, 5) is 13.0. The van der Waals surface area contributed by atoms with Gasteiger partial charge >= 0.3 is 0 Å². The highest BCUT2D eigenvalue weighted by Crippen LogP contribution is 2.26. The number of hydrogen-bond acceptors (Lipinski definition) is 4. The van der Waals surface area contributed by atoms with E-state index in [1.807, 2.05) is 24.3 Å². The summed E-state index contributed by atoms with van der Waals surface area (Å²) in [5.74, 6) is 1.09. The van der Waals surface area contributed by atoms with Crippen LogP contribution in [0.3, 0.4) is 0 Å². The smallest absolute Gasteiger partial charge is 0.251 e. The quantitative estimate of drug-likeness (QED) is 0.716. The van der Waals surface area contributed by atoms with Gasteiger partial charge in [-0.15, -0.1) is 0 Å². The molecule has 0 aromatic heterocycles. The molecule has 0 saturated carbocycles. The molecule has 0 spiro atoms. The minimum absolute atomic E-state index is 0.147. The number of rotatable bonds is 7. The fourth-order valence-corrected chi connectivity index (χ4v) is 5.34. The van der Waals surface area contributed by atoms with E-state index in [-0.39, 0.29) is 17.7 Å². The van der Waals surface area contributed by atoms with Crippen molar-refractivity contribution in [2.24, 2.45) is 5.92 Å². The summed E-state index contributed by atoms with van der Waals surface area (Å²) in [6, 6.07) is 14.4. The number of hydrogen-bond donors (Lipinski definition) is 1. The van der Waals surface area contributed by atoms with Gasteiger partial charge in [0.1, 0.15) is 5.75 Å². The van der Waals surface area contributed by atoms with Crippen molar-refractivity contribution in [1.29, 1.82) is 0 Å². The molecule has 1 amide bonds. The van der Waals surface area contributed by atoms with E-state index in [2.05, 4.69) is 19.2 Å². The Morgan fingerprint density at radius 1 is 1.13 bits per heavy atom. The van der Waals surface area contributed by atoms with Crippen molar-refractivity contribution in [2.75, 3.05) is 23.7 Å². The van der Waals surface area contributed by atoms with E-state index in [9.17, 15) is 13.2 Å². The van der Waals surface area contributed by atoms with E-state index in [4.69, 9.17) is 4.74 Å². The molecule has 7 heteroatoms. The first kappa shape index (κ1) is 22.2. The Kier molecular flexibility index (Phi) is 7.02. The maximum Gasteiger partial charge on any atom is 0.251 e. The third-order valence-electron chi connectivity index (χ3n) is 5.28. The predicted molar refractivity (Wildman–Crippen MR) is 119 cm³/mol. The molecule has 1 saturated heterocycles. The van der Waals surface area contributed by atoms with Crippen molar-refractivity contribution in [3.63, 3.8) is 0 Å². The lowest BCUT2D eigenvalue weighted by molar-refractivity contribution is 0.0932. The summed E-state index contributed by atoms with van der Waals surface area (Å²) in [5.41, 5.74) is 2.01. The van der Waals surface area contributed by atoms with Crippen LogP contribution in [0, 0.1) is 5.92 Å². The molecule has 2 aromatic carbocycles. The summed E-state index contributed by atoms with van der Waals surface area (Å²) in [7, 11) is -1.69. The second-order valence-corrected chi connectivity index (χ2v) is 10.1. The van der Waals surface area contributed by atoms with Crippen molar-refractivity contribution in [3.8, 4) is 5.75 Å². The zero-order chi connectivity index (χ0) is 21.7. The van der Waals surface area contributed by atoms with Gasteiger partial charge in [-0.05, 0) is 61.1 Å². The fraction of sp³-hybridized carbons (Fsp3) is 0.435. The first-order valence-corrected chi connectivity index (χ1v) is 12.0. The number of nitrogens with one attached hydrogen (secondary N) is 1. The minimum atomic E-state index is -3.32. The van der Waals surface area contributed by atoms with E-state index in [0.29, 0.717) is 30.1 Å². The van der Waals surface area contributed by atoms with Crippen LogP contribution < -0.4 is 14.4 Å². The number of carbonyl (C=O) groups excluding carboxylic acids is 1. The zero-order valence-corrected chi connectivity index (χ0v) is 18.6. The number of amides is 1. The van der Waals surface area contributed by atoms with Crippen LogP contribution in [0.1, 0.15) is 55.1 Å². The van der Waals surface area contributed by atoms with Gasteiger partial charge in [0.25, 0.3) is 5.91 Å². The molecule has 1 fully saturated rings. The molecule has 1 aliphatic rings. The SMILES string of the molecule is COc1ccc([C@@H](CC(C)C)NC(=O)c2cccc(N3CCCCS3(=O)=O)c2)cc1. The Morgan fingerprint density at radius 3 is 2.50 bits per heavy atom. The van der Waals surface area contributed by atoms with Crippen LogP contribution in [0.2, 0.25) is 0 Å². The van der Waals surface area contributed by atoms with Gasteiger partial charge in [-0.3, -0.25) is 9.10 Å². The summed E-state index contributed by atoms with van der Waals surface area (Å²) in [5, 5.41) is 3.12. The molecule has 1 aliphatic heterocycles. The minimum Gasteiger partial charge on any atom is -0.497 e.